The van der Waals surface area contributed by atoms with Crippen LogP contribution in [-0.4, -0.2) is 40.5 Å². The van der Waals surface area contributed by atoms with Gasteiger partial charge in [-0.05, 0) is 24.6 Å². The lowest BCUT2D eigenvalue weighted by molar-refractivity contribution is -0.132. The first-order valence-corrected chi connectivity index (χ1v) is 11.3. The summed E-state index contributed by atoms with van der Waals surface area (Å²) in [6, 6.07) is 17.7. The van der Waals surface area contributed by atoms with Crippen molar-refractivity contribution in [2.75, 3.05) is 18.4 Å². The van der Waals surface area contributed by atoms with Crippen molar-refractivity contribution in [2.45, 2.75) is 31.8 Å². The molecule has 7 heteroatoms. The Morgan fingerprint density at radius 2 is 1.77 bits per heavy atom. The third-order valence-corrected chi connectivity index (χ3v) is 7.09. The van der Waals surface area contributed by atoms with Gasteiger partial charge in [0.2, 0.25) is 5.91 Å². The largest absolute Gasteiger partial charge is 0.362 e. The van der Waals surface area contributed by atoms with Gasteiger partial charge in [-0.25, -0.2) is 4.98 Å². The summed E-state index contributed by atoms with van der Waals surface area (Å²) in [6.45, 7) is 3.17. The lowest BCUT2D eigenvalue weighted by Gasteiger charge is -2.45. The number of benzene rings is 2. The molecule has 2 N–H and O–H groups in total. The topological polar surface area (TPSA) is 74.3 Å². The van der Waals surface area contributed by atoms with E-state index in [4.69, 9.17) is 0 Å². The van der Waals surface area contributed by atoms with Crippen molar-refractivity contribution in [1.29, 1.82) is 0 Å². The highest BCUT2D eigenvalue weighted by Gasteiger charge is 2.40. The molecule has 3 aromatic rings. The highest BCUT2D eigenvalue weighted by atomic mass is 32.1. The fraction of sp³-hybridized carbons (Fsp3) is 0.292. The van der Waals surface area contributed by atoms with Gasteiger partial charge >= 0.3 is 0 Å². The van der Waals surface area contributed by atoms with Crippen molar-refractivity contribution in [1.82, 2.24) is 15.2 Å². The molecule has 6 nitrogen and oxygen atoms in total. The molecule has 0 radical (unpaired) electrons. The summed E-state index contributed by atoms with van der Waals surface area (Å²) >= 11 is 1.63. The molecule has 31 heavy (non-hydrogen) atoms. The predicted molar refractivity (Wildman–Crippen MR) is 122 cm³/mol. The minimum absolute atomic E-state index is 0.0559. The van der Waals surface area contributed by atoms with Crippen LogP contribution < -0.4 is 10.6 Å². The van der Waals surface area contributed by atoms with Gasteiger partial charge in [-0.15, -0.1) is 11.3 Å². The Balaban J connectivity index is 1.27. The summed E-state index contributed by atoms with van der Waals surface area (Å²) in [5.74, 6) is 0.0273. The average molecular weight is 433 g/mol. The molecule has 2 aromatic carbocycles. The molecule has 1 aromatic heterocycles. The maximum atomic E-state index is 13.1. The van der Waals surface area contributed by atoms with Crippen LogP contribution in [0.4, 0.5) is 5.69 Å². The number of amides is 2. The van der Waals surface area contributed by atoms with Crippen molar-refractivity contribution in [3.05, 3.63) is 70.9 Å². The van der Waals surface area contributed by atoms with Gasteiger partial charge in [0.25, 0.3) is 5.91 Å². The van der Waals surface area contributed by atoms with E-state index in [9.17, 15) is 9.59 Å². The van der Waals surface area contributed by atoms with Crippen molar-refractivity contribution in [2.24, 2.45) is 0 Å². The van der Waals surface area contributed by atoms with Crippen LogP contribution in [0.3, 0.4) is 0 Å². The number of nitrogens with one attached hydrogen (secondary N) is 2. The fourth-order valence-corrected chi connectivity index (χ4v) is 5.35. The first kappa shape index (κ1) is 19.8. The summed E-state index contributed by atoms with van der Waals surface area (Å²) in [6.07, 6.45) is 1.63. The SMILES string of the molecule is Cc1nc(CC(=O)N2CCC3(CC2)NC(=O)c2ccccc2N3)c(-c2ccccc2)s1. The summed E-state index contributed by atoms with van der Waals surface area (Å²) in [7, 11) is 0. The quantitative estimate of drug-likeness (QED) is 0.660. The van der Waals surface area contributed by atoms with Crippen LogP contribution in [-0.2, 0) is 11.2 Å². The Morgan fingerprint density at radius 1 is 1.06 bits per heavy atom. The summed E-state index contributed by atoms with van der Waals surface area (Å²) < 4.78 is 0. The third-order valence-electron chi connectivity index (χ3n) is 6.03. The normalized spacial score (nSPS) is 17.1. The van der Waals surface area contributed by atoms with Crippen LogP contribution in [0.1, 0.15) is 33.9 Å². The molecule has 2 aliphatic rings. The van der Waals surface area contributed by atoms with E-state index in [2.05, 4.69) is 27.8 Å². The minimum Gasteiger partial charge on any atom is -0.362 e. The fourth-order valence-electron chi connectivity index (χ4n) is 4.41. The number of nitrogens with zero attached hydrogens (tertiary/aromatic N) is 2. The standard InChI is InChI=1S/C24H24N4O2S/c1-16-25-20(22(31-16)17-7-3-2-4-8-17)15-21(29)28-13-11-24(12-14-28)26-19-10-6-5-9-18(19)23(30)27-24/h2-10,26H,11-15H2,1H3,(H,27,30). The van der Waals surface area contributed by atoms with E-state index in [0.29, 0.717) is 37.9 Å². The molecule has 158 valence electrons. The van der Waals surface area contributed by atoms with E-state index >= 15 is 0 Å². The Morgan fingerprint density at radius 3 is 2.55 bits per heavy atom. The van der Waals surface area contributed by atoms with Crippen LogP contribution in [0.25, 0.3) is 10.4 Å². The molecular formula is C24H24N4O2S. The molecule has 0 bridgehead atoms. The number of anilines is 1. The van der Waals surface area contributed by atoms with Crippen molar-refractivity contribution in [3.63, 3.8) is 0 Å². The molecule has 0 saturated carbocycles. The lowest BCUT2D eigenvalue weighted by Crippen LogP contribution is -2.62. The number of hydrogen-bond acceptors (Lipinski definition) is 5. The minimum atomic E-state index is -0.491. The maximum Gasteiger partial charge on any atom is 0.255 e. The molecule has 2 aliphatic heterocycles. The van der Waals surface area contributed by atoms with Crippen molar-refractivity contribution in [3.8, 4) is 10.4 Å². The van der Waals surface area contributed by atoms with E-state index in [1.54, 1.807) is 11.3 Å². The summed E-state index contributed by atoms with van der Waals surface area (Å²) in [4.78, 5) is 33.2. The highest BCUT2D eigenvalue weighted by molar-refractivity contribution is 7.15. The smallest absolute Gasteiger partial charge is 0.255 e. The Hall–Kier alpha value is -3.19. The molecule has 0 atom stereocenters. The predicted octanol–water partition coefficient (Wildman–Crippen LogP) is 3.84. The summed E-state index contributed by atoms with van der Waals surface area (Å²) in [5.41, 5.74) is 2.97. The second kappa shape index (κ2) is 7.81. The van der Waals surface area contributed by atoms with E-state index < -0.39 is 5.66 Å². The number of rotatable bonds is 3. The molecule has 0 aliphatic carbocycles. The Bertz CT molecular complexity index is 1130. The number of aryl methyl sites for hydroxylation is 1. The van der Waals surface area contributed by atoms with E-state index in [0.717, 1.165) is 26.8 Å². The number of fused-ring (bicyclic) bond motifs is 1. The molecule has 5 rings (SSSR count). The van der Waals surface area contributed by atoms with Crippen LogP contribution in [0, 0.1) is 6.92 Å². The zero-order valence-corrected chi connectivity index (χ0v) is 18.2. The first-order valence-electron chi connectivity index (χ1n) is 10.5. The second-order valence-corrected chi connectivity index (χ2v) is 9.34. The molecule has 1 fully saturated rings. The number of thiazole rings is 1. The van der Waals surface area contributed by atoms with Crippen molar-refractivity contribution >= 4 is 28.8 Å². The molecule has 1 saturated heterocycles. The van der Waals surface area contributed by atoms with Crippen LogP contribution in [0.2, 0.25) is 0 Å². The van der Waals surface area contributed by atoms with E-state index in [1.165, 1.54) is 0 Å². The average Bonchev–Trinajstić information content (AvgIpc) is 3.14. The number of para-hydroxylation sites is 1. The van der Waals surface area contributed by atoms with E-state index in [-0.39, 0.29) is 11.8 Å². The third kappa shape index (κ3) is 3.81. The molecule has 2 amide bonds. The van der Waals surface area contributed by atoms with Gasteiger partial charge in [0.1, 0.15) is 5.66 Å². The van der Waals surface area contributed by atoms with Crippen LogP contribution in [0.15, 0.2) is 54.6 Å². The monoisotopic (exact) mass is 432 g/mol. The van der Waals surface area contributed by atoms with Gasteiger partial charge in [0, 0.05) is 31.6 Å². The lowest BCUT2D eigenvalue weighted by atomic mass is 9.92. The van der Waals surface area contributed by atoms with Gasteiger partial charge in [0.05, 0.1) is 27.6 Å². The second-order valence-electron chi connectivity index (χ2n) is 8.14. The highest BCUT2D eigenvalue weighted by Crippen LogP contribution is 2.33. The van der Waals surface area contributed by atoms with Crippen molar-refractivity contribution < 1.29 is 9.59 Å². The molecule has 3 heterocycles. The number of piperidine rings is 1. The molecule has 0 unspecified atom stereocenters. The summed E-state index contributed by atoms with van der Waals surface area (Å²) in [5, 5.41) is 7.60. The molecule has 1 spiro atoms. The Kier molecular flexibility index (Phi) is 4.98. The zero-order valence-electron chi connectivity index (χ0n) is 17.4. The maximum absolute atomic E-state index is 13.1. The van der Waals surface area contributed by atoms with Gasteiger partial charge < -0.3 is 15.5 Å². The van der Waals surface area contributed by atoms with Gasteiger partial charge in [0.15, 0.2) is 0 Å². The van der Waals surface area contributed by atoms with Gasteiger partial charge in [-0.3, -0.25) is 9.59 Å². The van der Waals surface area contributed by atoms with Crippen LogP contribution >= 0.6 is 11.3 Å². The Labute approximate surface area is 185 Å². The zero-order chi connectivity index (χ0) is 21.4. The number of carbonyl (C=O) groups is 2. The first-order chi connectivity index (χ1) is 15.0. The van der Waals surface area contributed by atoms with Gasteiger partial charge in [-0.1, -0.05) is 42.5 Å². The number of carbonyl (C=O) groups excluding carboxylic acids is 2. The number of likely N-dealkylation sites (tertiary alicyclic amines) is 1. The molecular weight excluding hydrogens is 408 g/mol. The van der Waals surface area contributed by atoms with Crippen LogP contribution in [0.5, 0.6) is 0 Å². The number of aromatic nitrogens is 1. The van der Waals surface area contributed by atoms with Gasteiger partial charge in [-0.2, -0.15) is 0 Å². The van der Waals surface area contributed by atoms with E-state index in [1.807, 2.05) is 54.3 Å². The number of hydrogen-bond donors (Lipinski definition) is 2.